The van der Waals surface area contributed by atoms with Gasteiger partial charge in [-0.25, -0.2) is 4.79 Å². The zero-order valence-electron chi connectivity index (χ0n) is 13.6. The SMILES string of the molecule is O=C(CC(c1cccs1)n1cccc1)ON1C(=O)c2ccccc2C1=O. The van der Waals surface area contributed by atoms with Crippen molar-refractivity contribution >= 4 is 29.1 Å². The fourth-order valence-corrected chi connectivity index (χ4v) is 3.77. The van der Waals surface area contributed by atoms with Crippen LogP contribution in [0.15, 0.2) is 66.3 Å². The second-order valence-corrected chi connectivity index (χ2v) is 6.76. The number of benzene rings is 1. The predicted octanol–water partition coefficient (Wildman–Crippen LogP) is 3.28. The van der Waals surface area contributed by atoms with Gasteiger partial charge in [0.05, 0.1) is 23.6 Å². The van der Waals surface area contributed by atoms with Gasteiger partial charge in [0, 0.05) is 17.3 Å². The summed E-state index contributed by atoms with van der Waals surface area (Å²) < 4.78 is 1.90. The van der Waals surface area contributed by atoms with Gasteiger partial charge in [-0.3, -0.25) is 9.59 Å². The molecule has 7 heteroatoms. The zero-order chi connectivity index (χ0) is 18.1. The first-order chi connectivity index (χ1) is 12.6. The van der Waals surface area contributed by atoms with E-state index in [0.29, 0.717) is 5.06 Å². The summed E-state index contributed by atoms with van der Waals surface area (Å²) in [5.41, 5.74) is 0.482. The van der Waals surface area contributed by atoms with Gasteiger partial charge in [0.2, 0.25) is 0 Å². The molecule has 1 aromatic carbocycles. The Balaban J connectivity index is 1.52. The predicted molar refractivity (Wildman–Crippen MR) is 94.5 cm³/mol. The van der Waals surface area contributed by atoms with Crippen molar-refractivity contribution in [2.24, 2.45) is 0 Å². The highest BCUT2D eigenvalue weighted by Gasteiger charge is 2.39. The van der Waals surface area contributed by atoms with E-state index in [4.69, 9.17) is 4.84 Å². The molecule has 130 valence electrons. The van der Waals surface area contributed by atoms with Crippen molar-refractivity contribution in [1.82, 2.24) is 9.63 Å². The summed E-state index contributed by atoms with van der Waals surface area (Å²) in [4.78, 5) is 43.2. The van der Waals surface area contributed by atoms with Gasteiger partial charge in [0.1, 0.15) is 0 Å². The molecular weight excluding hydrogens is 352 g/mol. The molecule has 0 fully saturated rings. The average molecular weight is 366 g/mol. The topological polar surface area (TPSA) is 68.6 Å². The van der Waals surface area contributed by atoms with Gasteiger partial charge in [-0.2, -0.15) is 0 Å². The third kappa shape index (κ3) is 2.82. The fraction of sp³-hybridized carbons (Fsp3) is 0.105. The molecule has 2 aromatic heterocycles. The summed E-state index contributed by atoms with van der Waals surface area (Å²) in [7, 11) is 0. The molecule has 3 aromatic rings. The summed E-state index contributed by atoms with van der Waals surface area (Å²) in [5.74, 6) is -1.88. The Kier molecular flexibility index (Phi) is 4.14. The highest BCUT2D eigenvalue weighted by Crippen LogP contribution is 2.28. The Morgan fingerprint density at radius 2 is 1.62 bits per heavy atom. The second kappa shape index (κ2) is 6.61. The first-order valence-corrected chi connectivity index (χ1v) is 8.87. The van der Waals surface area contributed by atoms with Gasteiger partial charge in [-0.1, -0.05) is 23.3 Å². The third-order valence-corrected chi connectivity index (χ3v) is 5.14. The molecular formula is C19H14N2O4S. The summed E-state index contributed by atoms with van der Waals surface area (Å²) in [5, 5.41) is 2.48. The van der Waals surface area contributed by atoms with Crippen LogP contribution in [0.5, 0.6) is 0 Å². The molecule has 1 atom stereocenters. The van der Waals surface area contributed by atoms with E-state index in [0.717, 1.165) is 4.88 Å². The number of amides is 2. The first-order valence-electron chi connectivity index (χ1n) is 7.99. The molecule has 0 aliphatic carbocycles. The maximum atomic E-state index is 12.5. The average Bonchev–Trinajstić information content (AvgIpc) is 3.40. The first kappa shape index (κ1) is 16.3. The maximum absolute atomic E-state index is 12.5. The van der Waals surface area contributed by atoms with Crippen LogP contribution in [0, 0.1) is 0 Å². The number of hydrogen-bond donors (Lipinski definition) is 0. The van der Waals surface area contributed by atoms with Crippen LogP contribution in [0.4, 0.5) is 0 Å². The van der Waals surface area contributed by atoms with E-state index in [1.165, 1.54) is 23.5 Å². The lowest BCUT2D eigenvalue weighted by atomic mass is 10.1. The number of fused-ring (bicyclic) bond motifs is 1. The molecule has 0 N–H and O–H groups in total. The van der Waals surface area contributed by atoms with Gasteiger partial charge in [-0.05, 0) is 35.7 Å². The van der Waals surface area contributed by atoms with Crippen LogP contribution in [-0.4, -0.2) is 27.4 Å². The minimum absolute atomic E-state index is 0.00258. The minimum atomic E-state index is -0.647. The van der Waals surface area contributed by atoms with Crippen LogP contribution < -0.4 is 0 Å². The van der Waals surface area contributed by atoms with Crippen molar-refractivity contribution in [3.63, 3.8) is 0 Å². The van der Waals surface area contributed by atoms with Gasteiger partial charge in [-0.15, -0.1) is 11.3 Å². The van der Waals surface area contributed by atoms with E-state index >= 15 is 0 Å². The van der Waals surface area contributed by atoms with E-state index in [1.54, 1.807) is 12.1 Å². The molecule has 0 radical (unpaired) electrons. The monoisotopic (exact) mass is 366 g/mol. The Morgan fingerprint density at radius 3 is 2.19 bits per heavy atom. The lowest BCUT2D eigenvalue weighted by Crippen LogP contribution is -2.33. The van der Waals surface area contributed by atoms with E-state index in [2.05, 4.69) is 0 Å². The van der Waals surface area contributed by atoms with Crippen molar-refractivity contribution in [3.05, 3.63) is 82.3 Å². The van der Waals surface area contributed by atoms with Gasteiger partial charge < -0.3 is 9.40 Å². The van der Waals surface area contributed by atoms with Crippen molar-refractivity contribution in [2.75, 3.05) is 0 Å². The number of aromatic nitrogens is 1. The molecule has 1 aliphatic heterocycles. The Morgan fingerprint density at radius 1 is 0.962 bits per heavy atom. The summed E-state index contributed by atoms with van der Waals surface area (Å²) >= 11 is 1.53. The highest BCUT2D eigenvalue weighted by atomic mass is 32.1. The lowest BCUT2D eigenvalue weighted by molar-refractivity contribution is -0.169. The van der Waals surface area contributed by atoms with Gasteiger partial charge in [0.15, 0.2) is 0 Å². The van der Waals surface area contributed by atoms with Crippen molar-refractivity contribution in [1.29, 1.82) is 0 Å². The Hall–Kier alpha value is -3.19. The van der Waals surface area contributed by atoms with Gasteiger partial charge in [0.25, 0.3) is 11.8 Å². The zero-order valence-corrected chi connectivity index (χ0v) is 14.4. The molecule has 0 bridgehead atoms. The maximum Gasteiger partial charge on any atom is 0.335 e. The standard InChI is InChI=1S/C19H14N2O4S/c22-17(12-15(16-8-5-11-26-16)20-9-3-4-10-20)25-21-18(23)13-6-1-2-7-14(13)19(21)24/h1-11,15H,12H2. The summed E-state index contributed by atoms with van der Waals surface area (Å²) in [6, 6.07) is 13.7. The Labute approximate surface area is 153 Å². The molecule has 4 rings (SSSR count). The number of thiophene rings is 1. The van der Waals surface area contributed by atoms with E-state index in [9.17, 15) is 14.4 Å². The van der Waals surface area contributed by atoms with Crippen LogP contribution in [0.25, 0.3) is 0 Å². The van der Waals surface area contributed by atoms with Crippen LogP contribution in [0.3, 0.4) is 0 Å². The molecule has 0 saturated heterocycles. The van der Waals surface area contributed by atoms with Crippen LogP contribution in [-0.2, 0) is 9.63 Å². The van der Waals surface area contributed by atoms with Crippen LogP contribution in [0.2, 0.25) is 0 Å². The second-order valence-electron chi connectivity index (χ2n) is 5.78. The number of rotatable bonds is 5. The molecule has 0 spiro atoms. The number of nitrogens with zero attached hydrogens (tertiary/aromatic N) is 2. The molecule has 1 aliphatic rings. The van der Waals surface area contributed by atoms with E-state index in [1.807, 2.05) is 46.6 Å². The summed E-state index contributed by atoms with van der Waals surface area (Å²) in [6.45, 7) is 0. The minimum Gasteiger partial charge on any atom is -0.345 e. The fourth-order valence-electron chi connectivity index (χ4n) is 2.94. The number of carbonyl (C=O) groups is 3. The highest BCUT2D eigenvalue weighted by molar-refractivity contribution is 7.10. The van der Waals surface area contributed by atoms with Gasteiger partial charge >= 0.3 is 5.97 Å². The molecule has 26 heavy (non-hydrogen) atoms. The molecule has 6 nitrogen and oxygen atoms in total. The van der Waals surface area contributed by atoms with Crippen molar-refractivity contribution in [3.8, 4) is 0 Å². The third-order valence-electron chi connectivity index (χ3n) is 4.17. The molecule has 0 saturated carbocycles. The lowest BCUT2D eigenvalue weighted by Gasteiger charge is -2.18. The van der Waals surface area contributed by atoms with E-state index < -0.39 is 17.8 Å². The number of imide groups is 1. The van der Waals surface area contributed by atoms with Crippen LogP contribution in [0.1, 0.15) is 38.1 Å². The Bertz CT molecular complexity index is 894. The number of carbonyl (C=O) groups excluding carboxylic acids is 3. The summed E-state index contributed by atoms with van der Waals surface area (Å²) in [6.07, 6.45) is 3.72. The number of hydroxylamine groups is 2. The smallest absolute Gasteiger partial charge is 0.335 e. The van der Waals surface area contributed by atoms with Crippen molar-refractivity contribution < 1.29 is 19.2 Å². The normalized spacial score (nSPS) is 14.4. The molecule has 1 unspecified atom stereocenters. The molecule has 2 amide bonds. The largest absolute Gasteiger partial charge is 0.345 e. The number of hydrogen-bond acceptors (Lipinski definition) is 5. The molecule has 3 heterocycles. The van der Waals surface area contributed by atoms with Crippen molar-refractivity contribution in [2.45, 2.75) is 12.5 Å². The van der Waals surface area contributed by atoms with E-state index in [-0.39, 0.29) is 23.6 Å². The quantitative estimate of drug-likeness (QED) is 0.650. The van der Waals surface area contributed by atoms with Crippen LogP contribution >= 0.6 is 11.3 Å².